The summed E-state index contributed by atoms with van der Waals surface area (Å²) in [5.74, 6) is -0.797. The second-order valence-corrected chi connectivity index (χ2v) is 4.60. The van der Waals surface area contributed by atoms with Crippen LogP contribution in [0.4, 0.5) is 0 Å². The maximum absolute atomic E-state index is 12.4. The predicted octanol–water partition coefficient (Wildman–Crippen LogP) is 1.17. The van der Waals surface area contributed by atoms with E-state index in [1.54, 1.807) is 0 Å². The molecule has 0 bridgehead atoms. The molecule has 5 heteroatoms. The van der Waals surface area contributed by atoms with E-state index in [4.69, 9.17) is 5.73 Å². The minimum atomic E-state index is -0.429. The molecule has 1 amide bonds. The molecule has 20 heavy (non-hydrogen) atoms. The molecule has 0 aliphatic heterocycles. The van der Waals surface area contributed by atoms with Gasteiger partial charge in [0.2, 0.25) is 5.91 Å². The lowest BCUT2D eigenvalue weighted by atomic mass is 10.0. The summed E-state index contributed by atoms with van der Waals surface area (Å²) in [6.07, 6.45) is 0.655. The Labute approximate surface area is 119 Å². The molecule has 1 unspecified atom stereocenters. The van der Waals surface area contributed by atoms with Crippen LogP contribution in [-0.4, -0.2) is 37.0 Å². The van der Waals surface area contributed by atoms with Crippen molar-refractivity contribution < 1.29 is 14.3 Å². The van der Waals surface area contributed by atoms with Gasteiger partial charge < -0.3 is 15.4 Å². The van der Waals surface area contributed by atoms with E-state index >= 15 is 0 Å². The molecule has 0 aliphatic rings. The van der Waals surface area contributed by atoms with Crippen molar-refractivity contribution in [3.63, 3.8) is 0 Å². The summed E-state index contributed by atoms with van der Waals surface area (Å²) in [7, 11) is 1.31. The van der Waals surface area contributed by atoms with Crippen LogP contribution in [0.15, 0.2) is 30.3 Å². The van der Waals surface area contributed by atoms with Crippen LogP contribution in [0.3, 0.4) is 0 Å². The second-order valence-electron chi connectivity index (χ2n) is 4.60. The lowest BCUT2D eigenvalue weighted by Crippen LogP contribution is -2.41. The van der Waals surface area contributed by atoms with Gasteiger partial charge in [-0.3, -0.25) is 9.59 Å². The summed E-state index contributed by atoms with van der Waals surface area (Å²) in [4.78, 5) is 25.4. The SMILES string of the molecule is CCC(CN)C(=O)N(CC(=O)OC)Cc1ccccc1. The number of esters is 1. The van der Waals surface area contributed by atoms with E-state index < -0.39 is 5.97 Å². The third kappa shape index (κ3) is 4.66. The van der Waals surface area contributed by atoms with Crippen molar-refractivity contribution in [3.05, 3.63) is 35.9 Å². The number of hydrogen-bond donors (Lipinski definition) is 1. The summed E-state index contributed by atoms with van der Waals surface area (Å²) in [5.41, 5.74) is 6.58. The fourth-order valence-electron chi connectivity index (χ4n) is 1.94. The van der Waals surface area contributed by atoms with Crippen LogP contribution >= 0.6 is 0 Å². The zero-order valence-corrected chi connectivity index (χ0v) is 12.0. The van der Waals surface area contributed by atoms with Crippen molar-refractivity contribution in [1.29, 1.82) is 0 Å². The first-order valence-corrected chi connectivity index (χ1v) is 6.72. The number of carbonyl (C=O) groups excluding carboxylic acids is 2. The van der Waals surface area contributed by atoms with Gasteiger partial charge in [-0.15, -0.1) is 0 Å². The topological polar surface area (TPSA) is 72.6 Å². The van der Waals surface area contributed by atoms with E-state index in [-0.39, 0.29) is 24.9 Å². The Bertz CT molecular complexity index is 430. The number of carbonyl (C=O) groups is 2. The van der Waals surface area contributed by atoms with E-state index in [1.165, 1.54) is 12.0 Å². The first kappa shape index (κ1) is 16.2. The fraction of sp³-hybridized carbons (Fsp3) is 0.467. The lowest BCUT2D eigenvalue weighted by Gasteiger charge is -2.25. The number of benzene rings is 1. The Morgan fingerprint density at radius 1 is 1.30 bits per heavy atom. The molecule has 0 saturated heterocycles. The van der Waals surface area contributed by atoms with Crippen molar-refractivity contribution in [1.82, 2.24) is 4.90 Å². The summed E-state index contributed by atoms with van der Waals surface area (Å²) >= 11 is 0. The standard InChI is InChI=1S/C15H22N2O3/c1-3-13(9-16)15(19)17(11-14(18)20-2)10-12-7-5-4-6-8-12/h4-8,13H,3,9-11,16H2,1-2H3. The van der Waals surface area contributed by atoms with Crippen LogP contribution in [0, 0.1) is 5.92 Å². The molecule has 1 atom stereocenters. The zero-order valence-electron chi connectivity index (χ0n) is 12.0. The minimum Gasteiger partial charge on any atom is -0.468 e. The molecule has 5 nitrogen and oxygen atoms in total. The van der Waals surface area contributed by atoms with Crippen LogP contribution in [0.2, 0.25) is 0 Å². The highest BCUT2D eigenvalue weighted by atomic mass is 16.5. The third-order valence-corrected chi connectivity index (χ3v) is 3.20. The van der Waals surface area contributed by atoms with E-state index in [0.29, 0.717) is 13.0 Å². The number of nitrogens with zero attached hydrogens (tertiary/aromatic N) is 1. The molecule has 0 saturated carbocycles. The average Bonchev–Trinajstić information content (AvgIpc) is 2.48. The highest BCUT2D eigenvalue weighted by Gasteiger charge is 2.24. The van der Waals surface area contributed by atoms with Gasteiger partial charge in [0.15, 0.2) is 0 Å². The van der Waals surface area contributed by atoms with Crippen LogP contribution in [0.1, 0.15) is 18.9 Å². The average molecular weight is 278 g/mol. The van der Waals surface area contributed by atoms with E-state index in [1.807, 2.05) is 37.3 Å². The van der Waals surface area contributed by atoms with Crippen LogP contribution in [0.25, 0.3) is 0 Å². The van der Waals surface area contributed by atoms with Gasteiger partial charge >= 0.3 is 5.97 Å². The van der Waals surface area contributed by atoms with Crippen molar-refractivity contribution >= 4 is 11.9 Å². The summed E-state index contributed by atoms with van der Waals surface area (Å²) in [5, 5.41) is 0. The first-order valence-electron chi connectivity index (χ1n) is 6.72. The van der Waals surface area contributed by atoms with Crippen molar-refractivity contribution in [3.8, 4) is 0 Å². The molecule has 1 rings (SSSR count). The molecule has 0 radical (unpaired) electrons. The maximum Gasteiger partial charge on any atom is 0.325 e. The summed E-state index contributed by atoms with van der Waals surface area (Å²) in [6.45, 7) is 2.52. The molecule has 110 valence electrons. The second kappa shape index (κ2) is 8.32. The molecule has 0 fully saturated rings. The highest BCUT2D eigenvalue weighted by molar-refractivity contribution is 5.83. The van der Waals surface area contributed by atoms with Crippen LogP contribution in [-0.2, 0) is 20.9 Å². The monoisotopic (exact) mass is 278 g/mol. The molecule has 0 heterocycles. The number of ether oxygens (including phenoxy) is 1. The van der Waals surface area contributed by atoms with Crippen molar-refractivity contribution in [2.24, 2.45) is 11.7 Å². The normalized spacial score (nSPS) is 11.8. The summed E-state index contributed by atoms with van der Waals surface area (Å²) in [6, 6.07) is 9.54. The van der Waals surface area contributed by atoms with Gasteiger partial charge in [0, 0.05) is 13.1 Å². The largest absolute Gasteiger partial charge is 0.468 e. The van der Waals surface area contributed by atoms with E-state index in [2.05, 4.69) is 4.74 Å². The van der Waals surface area contributed by atoms with E-state index in [0.717, 1.165) is 5.56 Å². The number of methoxy groups -OCH3 is 1. The Morgan fingerprint density at radius 3 is 2.45 bits per heavy atom. The van der Waals surface area contributed by atoms with Gasteiger partial charge in [0.25, 0.3) is 0 Å². The number of amides is 1. The molecule has 1 aromatic carbocycles. The highest BCUT2D eigenvalue weighted by Crippen LogP contribution is 2.11. The van der Waals surface area contributed by atoms with Gasteiger partial charge in [-0.2, -0.15) is 0 Å². The third-order valence-electron chi connectivity index (χ3n) is 3.20. The molecule has 1 aromatic rings. The van der Waals surface area contributed by atoms with Gasteiger partial charge in [0.05, 0.1) is 13.0 Å². The quantitative estimate of drug-likeness (QED) is 0.760. The zero-order chi connectivity index (χ0) is 15.0. The molecular formula is C15H22N2O3. The Balaban J connectivity index is 2.84. The maximum atomic E-state index is 12.4. The first-order chi connectivity index (χ1) is 9.62. The summed E-state index contributed by atoms with van der Waals surface area (Å²) < 4.78 is 4.65. The van der Waals surface area contributed by atoms with Crippen LogP contribution in [0.5, 0.6) is 0 Å². The Hall–Kier alpha value is -1.88. The fourth-order valence-corrected chi connectivity index (χ4v) is 1.94. The Kier molecular flexibility index (Phi) is 6.73. The van der Waals surface area contributed by atoms with Gasteiger partial charge in [-0.25, -0.2) is 0 Å². The van der Waals surface area contributed by atoms with Gasteiger partial charge in [-0.05, 0) is 12.0 Å². The van der Waals surface area contributed by atoms with Gasteiger partial charge in [0.1, 0.15) is 6.54 Å². The molecule has 2 N–H and O–H groups in total. The van der Waals surface area contributed by atoms with Crippen molar-refractivity contribution in [2.75, 3.05) is 20.2 Å². The van der Waals surface area contributed by atoms with Gasteiger partial charge in [-0.1, -0.05) is 37.3 Å². The smallest absolute Gasteiger partial charge is 0.325 e. The lowest BCUT2D eigenvalue weighted by molar-refractivity contribution is -0.149. The Morgan fingerprint density at radius 2 is 1.95 bits per heavy atom. The molecule has 0 aliphatic carbocycles. The molecular weight excluding hydrogens is 256 g/mol. The number of rotatable bonds is 7. The van der Waals surface area contributed by atoms with Crippen LogP contribution < -0.4 is 5.73 Å². The molecule has 0 spiro atoms. The van der Waals surface area contributed by atoms with E-state index in [9.17, 15) is 9.59 Å². The molecule has 0 aromatic heterocycles. The minimum absolute atomic E-state index is 0.0548. The predicted molar refractivity (Wildman–Crippen MR) is 76.7 cm³/mol. The van der Waals surface area contributed by atoms with Crippen molar-refractivity contribution in [2.45, 2.75) is 19.9 Å². The number of hydrogen-bond acceptors (Lipinski definition) is 4. The number of nitrogens with two attached hydrogens (primary N) is 1.